The first kappa shape index (κ1) is 16.3. The fourth-order valence-corrected chi connectivity index (χ4v) is 3.26. The molecule has 0 unspecified atom stereocenters. The maximum Gasteiger partial charge on any atom is 0.180 e. The van der Waals surface area contributed by atoms with E-state index < -0.39 is 9.84 Å². The number of alkyl halides is 1. The van der Waals surface area contributed by atoms with Gasteiger partial charge in [0.15, 0.2) is 9.84 Å². The molecule has 0 aliphatic carbocycles. The molecule has 0 aliphatic heterocycles. The highest BCUT2D eigenvalue weighted by molar-refractivity contribution is 7.91. The van der Waals surface area contributed by atoms with E-state index >= 15 is 0 Å². The van der Waals surface area contributed by atoms with Crippen LogP contribution in [-0.4, -0.2) is 26.6 Å². The zero-order valence-corrected chi connectivity index (χ0v) is 13.3. The van der Waals surface area contributed by atoms with Crippen molar-refractivity contribution in [1.82, 2.24) is 0 Å². The summed E-state index contributed by atoms with van der Waals surface area (Å²) in [5.74, 6) is 0.689. The van der Waals surface area contributed by atoms with Gasteiger partial charge in [0.1, 0.15) is 0 Å². The first-order valence-corrected chi connectivity index (χ1v) is 8.63. The van der Waals surface area contributed by atoms with Crippen molar-refractivity contribution in [1.29, 1.82) is 0 Å². The summed E-state index contributed by atoms with van der Waals surface area (Å²) in [7, 11) is -3.21. The molecule has 19 heavy (non-hydrogen) atoms. The van der Waals surface area contributed by atoms with E-state index in [0.717, 1.165) is 0 Å². The molecule has 0 saturated carbocycles. The third-order valence-electron chi connectivity index (χ3n) is 2.81. The molecule has 1 aromatic carbocycles. The Kier molecular flexibility index (Phi) is 5.68. The van der Waals surface area contributed by atoms with E-state index in [1.165, 1.54) is 0 Å². The lowest BCUT2D eigenvalue weighted by molar-refractivity contribution is 0.450. The van der Waals surface area contributed by atoms with Crippen LogP contribution in [0.5, 0.6) is 0 Å². The summed E-state index contributed by atoms with van der Waals surface area (Å²) in [6.45, 7) is 6.58. The Labute approximate surface area is 121 Å². The van der Waals surface area contributed by atoms with Crippen LogP contribution in [0.25, 0.3) is 0 Å². The maximum atomic E-state index is 12.2. The minimum absolute atomic E-state index is 0.0802. The number of hydrogen-bond donors (Lipinski definition) is 1. The summed E-state index contributed by atoms with van der Waals surface area (Å²) in [6.07, 6.45) is 0.615. The van der Waals surface area contributed by atoms with Gasteiger partial charge in [0.25, 0.3) is 0 Å². The molecular formula is C14H22ClNO2S. The van der Waals surface area contributed by atoms with Crippen LogP contribution in [0.15, 0.2) is 29.2 Å². The van der Waals surface area contributed by atoms with Gasteiger partial charge in [0.2, 0.25) is 0 Å². The second-order valence-corrected chi connectivity index (χ2v) is 7.81. The quantitative estimate of drug-likeness (QED) is 0.784. The molecule has 0 fully saturated rings. The van der Waals surface area contributed by atoms with Crippen LogP contribution in [-0.2, 0) is 9.84 Å². The average molecular weight is 304 g/mol. The predicted octanol–water partition coefficient (Wildman–Crippen LogP) is 3.55. The van der Waals surface area contributed by atoms with Gasteiger partial charge in [-0.15, -0.1) is 11.6 Å². The monoisotopic (exact) mass is 303 g/mol. The molecule has 0 aromatic heterocycles. The van der Waals surface area contributed by atoms with Crippen molar-refractivity contribution < 1.29 is 8.42 Å². The summed E-state index contributed by atoms with van der Waals surface area (Å²) in [4.78, 5) is 0.377. The van der Waals surface area contributed by atoms with E-state index in [1.54, 1.807) is 18.2 Å². The highest BCUT2D eigenvalue weighted by Gasteiger charge is 2.20. The average Bonchev–Trinajstić information content (AvgIpc) is 2.37. The van der Waals surface area contributed by atoms with E-state index in [2.05, 4.69) is 5.32 Å². The Morgan fingerprint density at radius 2 is 1.89 bits per heavy atom. The number of hydrogen-bond acceptors (Lipinski definition) is 3. The van der Waals surface area contributed by atoms with E-state index in [-0.39, 0.29) is 11.2 Å². The Hall–Kier alpha value is -0.740. The summed E-state index contributed by atoms with van der Waals surface area (Å²) in [5.41, 5.74) is 0.581. The first-order chi connectivity index (χ1) is 8.82. The van der Waals surface area contributed by atoms with Gasteiger partial charge in [-0.1, -0.05) is 32.9 Å². The van der Waals surface area contributed by atoms with Crippen molar-refractivity contribution in [3.63, 3.8) is 0 Å². The van der Waals surface area contributed by atoms with Gasteiger partial charge in [-0.3, -0.25) is 0 Å². The fourth-order valence-electron chi connectivity index (χ4n) is 1.64. The van der Waals surface area contributed by atoms with Crippen LogP contribution in [0.1, 0.15) is 27.2 Å². The van der Waals surface area contributed by atoms with Gasteiger partial charge in [-0.05, 0) is 24.0 Å². The number of nitrogens with one attached hydrogen (secondary N) is 1. The smallest absolute Gasteiger partial charge is 0.180 e. The van der Waals surface area contributed by atoms with Crippen molar-refractivity contribution in [2.45, 2.75) is 32.1 Å². The largest absolute Gasteiger partial charge is 0.383 e. The third-order valence-corrected chi connectivity index (χ3v) is 5.51. The number of halogens is 1. The summed E-state index contributed by atoms with van der Waals surface area (Å²) < 4.78 is 24.4. The van der Waals surface area contributed by atoms with Crippen LogP contribution in [0.4, 0.5) is 5.69 Å². The topological polar surface area (TPSA) is 46.2 Å². The molecule has 108 valence electrons. The molecule has 0 amide bonds. The Morgan fingerprint density at radius 3 is 2.47 bits per heavy atom. The highest BCUT2D eigenvalue weighted by Crippen LogP contribution is 2.25. The minimum Gasteiger partial charge on any atom is -0.383 e. The number of benzene rings is 1. The lowest BCUT2D eigenvalue weighted by Crippen LogP contribution is -2.25. The number of rotatable bonds is 7. The first-order valence-electron chi connectivity index (χ1n) is 6.44. The summed E-state index contributed by atoms with van der Waals surface area (Å²) in [5, 5.41) is 3.21. The van der Waals surface area contributed by atoms with Crippen LogP contribution in [0, 0.1) is 5.41 Å². The zero-order valence-electron chi connectivity index (χ0n) is 11.7. The van der Waals surface area contributed by atoms with E-state index in [4.69, 9.17) is 11.6 Å². The molecule has 0 aliphatic rings. The van der Waals surface area contributed by atoms with Crippen molar-refractivity contribution in [2.75, 3.05) is 23.5 Å². The predicted molar refractivity (Wildman–Crippen MR) is 81.8 cm³/mol. The fraction of sp³-hybridized carbons (Fsp3) is 0.571. The minimum atomic E-state index is -3.21. The normalized spacial score (nSPS) is 12.4. The number of para-hydroxylation sites is 1. The van der Waals surface area contributed by atoms with Crippen LogP contribution in [0.3, 0.4) is 0 Å². The van der Waals surface area contributed by atoms with E-state index in [1.807, 2.05) is 26.8 Å². The molecule has 0 heterocycles. The molecule has 0 saturated heterocycles. The molecule has 0 spiro atoms. The Balaban J connectivity index is 2.97. The molecule has 5 heteroatoms. The molecule has 0 atom stereocenters. The van der Waals surface area contributed by atoms with Crippen molar-refractivity contribution in [3.05, 3.63) is 24.3 Å². The second-order valence-electron chi connectivity index (χ2n) is 5.47. The lowest BCUT2D eigenvalue weighted by Gasteiger charge is -2.23. The van der Waals surface area contributed by atoms with Crippen LogP contribution < -0.4 is 5.32 Å². The van der Waals surface area contributed by atoms with Gasteiger partial charge in [-0.25, -0.2) is 8.42 Å². The third kappa shape index (κ3) is 4.69. The molecule has 0 bridgehead atoms. The molecule has 3 nitrogen and oxygen atoms in total. The lowest BCUT2D eigenvalue weighted by atomic mass is 9.96. The molecule has 1 N–H and O–H groups in total. The summed E-state index contributed by atoms with van der Waals surface area (Å²) >= 11 is 5.88. The molecule has 1 rings (SSSR count). The molecule has 1 aromatic rings. The maximum absolute atomic E-state index is 12.2. The van der Waals surface area contributed by atoms with Crippen molar-refractivity contribution in [2.24, 2.45) is 5.41 Å². The SMILES string of the molecule is CCCS(=O)(=O)c1ccccc1NCC(C)(C)CCl. The molecular weight excluding hydrogens is 282 g/mol. The van der Waals surface area contributed by atoms with Crippen molar-refractivity contribution in [3.8, 4) is 0 Å². The highest BCUT2D eigenvalue weighted by atomic mass is 35.5. The number of sulfone groups is 1. The summed E-state index contributed by atoms with van der Waals surface area (Å²) in [6, 6.07) is 7.04. The zero-order chi connectivity index (χ0) is 14.5. The van der Waals surface area contributed by atoms with Gasteiger partial charge in [-0.2, -0.15) is 0 Å². The van der Waals surface area contributed by atoms with Crippen LogP contribution >= 0.6 is 11.6 Å². The van der Waals surface area contributed by atoms with Crippen LogP contribution in [0.2, 0.25) is 0 Å². The van der Waals surface area contributed by atoms with Gasteiger partial charge >= 0.3 is 0 Å². The van der Waals surface area contributed by atoms with E-state index in [0.29, 0.717) is 29.4 Å². The standard InChI is InChI=1S/C14H22ClNO2S/c1-4-9-19(17,18)13-8-6-5-7-12(13)16-11-14(2,3)10-15/h5-8,16H,4,9-11H2,1-3H3. The second kappa shape index (κ2) is 6.62. The van der Waals surface area contributed by atoms with E-state index in [9.17, 15) is 8.42 Å². The Morgan fingerprint density at radius 1 is 1.26 bits per heavy atom. The molecule has 0 radical (unpaired) electrons. The number of anilines is 1. The van der Waals surface area contributed by atoms with Gasteiger partial charge in [0.05, 0.1) is 16.3 Å². The Bertz CT molecular complexity index is 512. The van der Waals surface area contributed by atoms with Crippen molar-refractivity contribution >= 4 is 27.1 Å². The van der Waals surface area contributed by atoms with Gasteiger partial charge in [0, 0.05) is 12.4 Å². The van der Waals surface area contributed by atoms with Gasteiger partial charge < -0.3 is 5.32 Å².